The number of nitrogens with one attached hydrogen (secondary N) is 2. The molecule has 1 amide bonds. The zero-order valence-electron chi connectivity index (χ0n) is 14.5. The Morgan fingerprint density at radius 1 is 1.27 bits per heavy atom. The van der Waals surface area contributed by atoms with E-state index in [1.165, 1.54) is 0 Å². The molecule has 7 heteroatoms. The van der Waals surface area contributed by atoms with Crippen molar-refractivity contribution in [3.05, 3.63) is 0 Å². The number of hydrogen-bond acceptors (Lipinski definition) is 4. The predicted molar refractivity (Wildman–Crippen MR) is 96.2 cm³/mol. The molecule has 0 aromatic heterocycles. The maximum Gasteiger partial charge on any atom is 0.237 e. The molecule has 1 atom stereocenters. The largest absolute Gasteiger partial charge is 0.384 e. The number of methoxy groups -OCH3 is 1. The van der Waals surface area contributed by atoms with Crippen LogP contribution in [-0.2, 0) is 9.53 Å². The summed E-state index contributed by atoms with van der Waals surface area (Å²) < 4.78 is 5.38. The van der Waals surface area contributed by atoms with Crippen molar-refractivity contribution in [2.75, 3.05) is 47.4 Å². The van der Waals surface area contributed by atoms with E-state index in [1.54, 1.807) is 7.11 Å². The van der Waals surface area contributed by atoms with Crippen molar-refractivity contribution in [3.63, 3.8) is 0 Å². The molecule has 5 nitrogen and oxygen atoms in total. The maximum atomic E-state index is 12.4. The molecule has 0 spiro atoms. The fourth-order valence-electron chi connectivity index (χ4n) is 3.15. The third kappa shape index (κ3) is 7.01. The second kappa shape index (κ2) is 11.5. The quantitative estimate of drug-likeness (QED) is 0.725. The van der Waals surface area contributed by atoms with Crippen molar-refractivity contribution in [2.24, 2.45) is 11.3 Å². The Balaban J connectivity index is 0. The molecule has 22 heavy (non-hydrogen) atoms. The average Bonchev–Trinajstić information content (AvgIpc) is 2.37. The van der Waals surface area contributed by atoms with Crippen molar-refractivity contribution in [2.45, 2.75) is 32.7 Å². The lowest BCUT2D eigenvalue weighted by Gasteiger charge is -2.38. The maximum absolute atomic E-state index is 12.4. The van der Waals surface area contributed by atoms with Gasteiger partial charge in [0.1, 0.15) is 0 Å². The Morgan fingerprint density at radius 2 is 1.82 bits per heavy atom. The molecular weight excluding hydrogens is 325 g/mol. The Hall–Kier alpha value is -0.0700. The Morgan fingerprint density at radius 3 is 2.23 bits per heavy atom. The van der Waals surface area contributed by atoms with Crippen LogP contribution in [0.4, 0.5) is 0 Å². The number of ether oxygens (including phenoxy) is 1. The minimum atomic E-state index is -0.0729. The summed E-state index contributed by atoms with van der Waals surface area (Å²) in [5.41, 5.74) is 0.0868. The Bertz CT molecular complexity index is 296. The molecule has 0 bridgehead atoms. The van der Waals surface area contributed by atoms with Crippen molar-refractivity contribution in [3.8, 4) is 0 Å². The molecule has 0 aromatic rings. The van der Waals surface area contributed by atoms with Crippen LogP contribution in [0.25, 0.3) is 0 Å². The van der Waals surface area contributed by atoms with E-state index >= 15 is 0 Å². The molecule has 0 aromatic carbocycles. The first kappa shape index (κ1) is 24.2. The van der Waals surface area contributed by atoms with E-state index in [2.05, 4.69) is 24.5 Å². The summed E-state index contributed by atoms with van der Waals surface area (Å²) in [5.74, 6) is 0.426. The highest BCUT2D eigenvalue weighted by Gasteiger charge is 2.34. The number of piperidine rings is 1. The van der Waals surface area contributed by atoms with E-state index in [1.807, 2.05) is 19.0 Å². The third-order valence-electron chi connectivity index (χ3n) is 4.21. The van der Waals surface area contributed by atoms with Crippen LogP contribution in [0.15, 0.2) is 0 Å². The van der Waals surface area contributed by atoms with Gasteiger partial charge in [-0.25, -0.2) is 0 Å². The molecule has 0 aliphatic carbocycles. The average molecular weight is 358 g/mol. The number of likely N-dealkylation sites (N-methyl/N-ethyl adjacent to an activating group) is 1. The summed E-state index contributed by atoms with van der Waals surface area (Å²) in [5, 5.41) is 6.52. The number of amides is 1. The third-order valence-corrected chi connectivity index (χ3v) is 4.21. The van der Waals surface area contributed by atoms with Crippen molar-refractivity contribution in [1.82, 2.24) is 15.5 Å². The fourth-order valence-corrected chi connectivity index (χ4v) is 3.15. The van der Waals surface area contributed by atoms with E-state index in [4.69, 9.17) is 4.74 Å². The van der Waals surface area contributed by atoms with Gasteiger partial charge in [0.25, 0.3) is 0 Å². The molecule has 1 heterocycles. The lowest BCUT2D eigenvalue weighted by molar-refractivity contribution is -0.127. The molecule has 1 aliphatic rings. The SMILES string of the molecule is COCC1(CNC(=O)[C@@H](C(C)C)N(C)C)CCNCC1.Cl.Cl. The molecular formula is C15H33Cl2N3O2. The van der Waals surface area contributed by atoms with Crippen LogP contribution < -0.4 is 10.6 Å². The molecule has 1 rings (SSSR count). The van der Waals surface area contributed by atoms with Crippen LogP contribution in [0.3, 0.4) is 0 Å². The van der Waals surface area contributed by atoms with Gasteiger partial charge in [-0.1, -0.05) is 13.8 Å². The summed E-state index contributed by atoms with van der Waals surface area (Å²) in [6.45, 7) is 7.59. The first-order chi connectivity index (χ1) is 9.42. The van der Waals surface area contributed by atoms with E-state index in [9.17, 15) is 4.79 Å². The van der Waals surface area contributed by atoms with Gasteiger partial charge >= 0.3 is 0 Å². The lowest BCUT2D eigenvalue weighted by Crippen LogP contribution is -2.52. The van der Waals surface area contributed by atoms with E-state index < -0.39 is 0 Å². The molecule has 2 N–H and O–H groups in total. The van der Waals surface area contributed by atoms with Gasteiger partial charge in [0, 0.05) is 19.1 Å². The van der Waals surface area contributed by atoms with Gasteiger partial charge in [-0.3, -0.25) is 9.69 Å². The molecule has 1 fully saturated rings. The fraction of sp³-hybridized carbons (Fsp3) is 0.933. The van der Waals surface area contributed by atoms with Crippen LogP contribution in [-0.4, -0.2) is 64.3 Å². The van der Waals surface area contributed by atoms with Crippen LogP contribution in [0.1, 0.15) is 26.7 Å². The monoisotopic (exact) mass is 357 g/mol. The first-order valence-corrected chi connectivity index (χ1v) is 7.56. The Labute approximate surface area is 147 Å². The highest BCUT2D eigenvalue weighted by atomic mass is 35.5. The zero-order chi connectivity index (χ0) is 15.2. The number of rotatable bonds is 7. The highest BCUT2D eigenvalue weighted by Crippen LogP contribution is 2.28. The highest BCUT2D eigenvalue weighted by molar-refractivity contribution is 5.85. The minimum Gasteiger partial charge on any atom is -0.384 e. The van der Waals surface area contributed by atoms with Gasteiger partial charge in [0.05, 0.1) is 12.6 Å². The van der Waals surface area contributed by atoms with Crippen LogP contribution >= 0.6 is 24.8 Å². The number of hydrogen-bond donors (Lipinski definition) is 2. The van der Waals surface area contributed by atoms with Crippen LogP contribution in [0.5, 0.6) is 0 Å². The summed E-state index contributed by atoms with van der Waals surface area (Å²) in [4.78, 5) is 14.4. The van der Waals surface area contributed by atoms with E-state index in [0.29, 0.717) is 19.1 Å². The van der Waals surface area contributed by atoms with Gasteiger partial charge in [0.2, 0.25) is 5.91 Å². The van der Waals surface area contributed by atoms with Crippen molar-refractivity contribution >= 4 is 30.7 Å². The molecule has 0 unspecified atom stereocenters. The first-order valence-electron chi connectivity index (χ1n) is 7.56. The van der Waals surface area contributed by atoms with E-state index in [-0.39, 0.29) is 42.2 Å². The normalized spacial score (nSPS) is 18.3. The van der Waals surface area contributed by atoms with Gasteiger partial charge in [0.15, 0.2) is 0 Å². The second-order valence-electron chi connectivity index (χ2n) is 6.55. The minimum absolute atomic E-state index is 0. The number of carbonyl (C=O) groups is 1. The van der Waals surface area contributed by atoms with Gasteiger partial charge in [-0.15, -0.1) is 24.8 Å². The Kier molecular flexibility index (Phi) is 12.6. The van der Waals surface area contributed by atoms with Gasteiger partial charge < -0.3 is 15.4 Å². The molecule has 1 saturated heterocycles. The van der Waals surface area contributed by atoms with Crippen LogP contribution in [0, 0.1) is 11.3 Å². The van der Waals surface area contributed by atoms with Gasteiger partial charge in [-0.2, -0.15) is 0 Å². The molecule has 1 aliphatic heterocycles. The molecule has 0 saturated carbocycles. The number of carbonyl (C=O) groups excluding carboxylic acids is 1. The molecule has 0 radical (unpaired) electrons. The summed E-state index contributed by atoms with van der Waals surface area (Å²) in [6.07, 6.45) is 2.10. The summed E-state index contributed by atoms with van der Waals surface area (Å²) in [6, 6.07) is -0.0729. The molecule has 134 valence electrons. The zero-order valence-corrected chi connectivity index (χ0v) is 16.1. The van der Waals surface area contributed by atoms with E-state index in [0.717, 1.165) is 25.9 Å². The standard InChI is InChI=1S/C15H31N3O2.2ClH/c1-12(2)13(18(3)4)14(19)17-10-15(11-20-5)6-8-16-9-7-15;;/h12-13,16H,6-11H2,1-5H3,(H,17,19);2*1H/t13-;;/m1../s1. The van der Waals surface area contributed by atoms with Gasteiger partial charge in [-0.05, 0) is 45.9 Å². The number of nitrogens with zero attached hydrogens (tertiary/aromatic N) is 1. The number of halogens is 2. The predicted octanol–water partition coefficient (Wildman–Crippen LogP) is 1.55. The van der Waals surface area contributed by atoms with Crippen LogP contribution in [0.2, 0.25) is 0 Å². The smallest absolute Gasteiger partial charge is 0.237 e. The second-order valence-corrected chi connectivity index (χ2v) is 6.55. The lowest BCUT2D eigenvalue weighted by atomic mass is 9.79. The summed E-state index contributed by atoms with van der Waals surface area (Å²) in [7, 11) is 5.65. The van der Waals surface area contributed by atoms with Crippen molar-refractivity contribution < 1.29 is 9.53 Å². The van der Waals surface area contributed by atoms with Crippen molar-refractivity contribution in [1.29, 1.82) is 0 Å². The topological polar surface area (TPSA) is 53.6 Å². The summed E-state index contributed by atoms with van der Waals surface area (Å²) >= 11 is 0.